The van der Waals surface area contributed by atoms with E-state index < -0.39 is 6.10 Å². The van der Waals surface area contributed by atoms with Gasteiger partial charge in [0.15, 0.2) is 0 Å². The number of para-hydroxylation sites is 2. The van der Waals surface area contributed by atoms with E-state index in [2.05, 4.69) is 9.55 Å². The molecule has 0 saturated carbocycles. The average molecular weight is 278 g/mol. The number of aromatic nitrogens is 2. The summed E-state index contributed by atoms with van der Waals surface area (Å²) >= 11 is 1.84. The largest absolute Gasteiger partial charge is 0.390 e. The Balaban J connectivity index is 1.78. The van der Waals surface area contributed by atoms with Gasteiger partial charge in [0.25, 0.3) is 0 Å². The minimum Gasteiger partial charge on any atom is -0.390 e. The maximum Gasteiger partial charge on any atom is 0.112 e. The number of aliphatic hydroxyl groups is 1. The predicted molar refractivity (Wildman–Crippen MR) is 77.5 cm³/mol. The van der Waals surface area contributed by atoms with Crippen molar-refractivity contribution >= 4 is 22.8 Å². The summed E-state index contributed by atoms with van der Waals surface area (Å²) in [5.74, 6) is 2.80. The molecule has 1 aromatic heterocycles. The highest BCUT2D eigenvalue weighted by Gasteiger charge is 2.24. The van der Waals surface area contributed by atoms with Gasteiger partial charge in [-0.3, -0.25) is 0 Å². The third-order valence-electron chi connectivity index (χ3n) is 3.54. The van der Waals surface area contributed by atoms with Gasteiger partial charge in [-0.25, -0.2) is 4.98 Å². The van der Waals surface area contributed by atoms with Crippen LogP contribution < -0.4 is 0 Å². The fourth-order valence-electron chi connectivity index (χ4n) is 2.42. The zero-order chi connectivity index (χ0) is 13.2. The number of fused-ring (bicyclic) bond motifs is 1. The molecule has 1 fully saturated rings. The first-order valence-corrected chi connectivity index (χ1v) is 7.69. The highest BCUT2D eigenvalue weighted by atomic mass is 32.2. The van der Waals surface area contributed by atoms with Crippen LogP contribution >= 0.6 is 11.8 Å². The van der Waals surface area contributed by atoms with Gasteiger partial charge >= 0.3 is 0 Å². The van der Waals surface area contributed by atoms with Gasteiger partial charge in [-0.15, -0.1) is 0 Å². The Morgan fingerprint density at radius 1 is 1.53 bits per heavy atom. The second-order valence-corrected chi connectivity index (χ2v) is 5.98. The molecule has 2 aromatic rings. The van der Waals surface area contributed by atoms with Gasteiger partial charge in [0, 0.05) is 25.0 Å². The first kappa shape index (κ1) is 13.0. The molecule has 102 valence electrons. The van der Waals surface area contributed by atoms with Crippen molar-refractivity contribution in [1.82, 2.24) is 9.55 Å². The smallest absolute Gasteiger partial charge is 0.112 e. The topological polar surface area (TPSA) is 47.3 Å². The number of aryl methyl sites for hydroxylation is 1. The molecular weight excluding hydrogens is 260 g/mol. The molecular formula is C14H18N2O2S. The standard InChI is InChI=1S/C14H18N2O2S/c1-16-11-5-3-2-4-10(11)15-14(16)8-12(17)13-9-19-7-6-18-13/h2-5,12-13,17H,6-9H2,1H3. The SMILES string of the molecule is Cn1c(CC(O)C2CSCCO2)nc2ccccc21. The average Bonchev–Trinajstić information content (AvgIpc) is 2.77. The van der Waals surface area contributed by atoms with E-state index in [1.165, 1.54) is 0 Å². The van der Waals surface area contributed by atoms with E-state index in [4.69, 9.17) is 4.74 Å². The number of nitrogens with zero attached hydrogens (tertiary/aromatic N) is 2. The second-order valence-electron chi connectivity index (χ2n) is 4.83. The van der Waals surface area contributed by atoms with E-state index in [-0.39, 0.29) is 6.10 Å². The van der Waals surface area contributed by atoms with Crippen molar-refractivity contribution in [2.24, 2.45) is 7.05 Å². The number of hydrogen-bond donors (Lipinski definition) is 1. The lowest BCUT2D eigenvalue weighted by molar-refractivity contribution is -0.0217. The lowest BCUT2D eigenvalue weighted by atomic mass is 10.1. The summed E-state index contributed by atoms with van der Waals surface area (Å²) in [7, 11) is 1.99. The van der Waals surface area contributed by atoms with Crippen LogP contribution in [0.3, 0.4) is 0 Å². The highest BCUT2D eigenvalue weighted by Crippen LogP contribution is 2.20. The van der Waals surface area contributed by atoms with Crippen molar-refractivity contribution in [3.05, 3.63) is 30.1 Å². The normalized spacial score (nSPS) is 21.7. The lowest BCUT2D eigenvalue weighted by Crippen LogP contribution is -2.37. The molecule has 2 heterocycles. The van der Waals surface area contributed by atoms with Crippen molar-refractivity contribution < 1.29 is 9.84 Å². The van der Waals surface area contributed by atoms with E-state index in [0.29, 0.717) is 6.42 Å². The number of aliphatic hydroxyl groups excluding tert-OH is 1. The number of rotatable bonds is 3. The molecule has 1 saturated heterocycles. The molecule has 1 N–H and O–H groups in total. The maximum absolute atomic E-state index is 10.3. The van der Waals surface area contributed by atoms with Gasteiger partial charge in [-0.2, -0.15) is 11.8 Å². The van der Waals surface area contributed by atoms with Gasteiger partial charge in [0.1, 0.15) is 5.82 Å². The fraction of sp³-hybridized carbons (Fsp3) is 0.500. The van der Waals surface area contributed by atoms with Crippen LogP contribution in [0.4, 0.5) is 0 Å². The molecule has 2 atom stereocenters. The molecule has 3 rings (SSSR count). The minimum absolute atomic E-state index is 0.0708. The zero-order valence-electron chi connectivity index (χ0n) is 11.0. The Hall–Kier alpha value is -1.04. The van der Waals surface area contributed by atoms with Gasteiger partial charge in [0.05, 0.1) is 29.8 Å². The summed E-state index contributed by atoms with van der Waals surface area (Å²) in [6.45, 7) is 0.731. The number of imidazole rings is 1. The molecule has 0 radical (unpaired) electrons. The molecule has 2 unspecified atom stereocenters. The van der Waals surface area contributed by atoms with Gasteiger partial charge in [-0.1, -0.05) is 12.1 Å². The molecule has 19 heavy (non-hydrogen) atoms. The summed E-state index contributed by atoms with van der Waals surface area (Å²) in [4.78, 5) is 4.59. The van der Waals surface area contributed by atoms with Crippen LogP contribution in [0.15, 0.2) is 24.3 Å². The third kappa shape index (κ3) is 2.63. The van der Waals surface area contributed by atoms with Crippen LogP contribution in [-0.2, 0) is 18.2 Å². The van der Waals surface area contributed by atoms with Gasteiger partial charge in [0.2, 0.25) is 0 Å². The number of thioether (sulfide) groups is 1. The Bertz CT molecular complexity index is 564. The van der Waals surface area contributed by atoms with Crippen LogP contribution in [0.1, 0.15) is 5.82 Å². The quantitative estimate of drug-likeness (QED) is 0.926. The predicted octanol–water partition coefficient (Wildman–Crippen LogP) is 1.61. The molecule has 1 aliphatic rings. The van der Waals surface area contributed by atoms with Crippen LogP contribution in [0.25, 0.3) is 11.0 Å². The molecule has 4 nitrogen and oxygen atoms in total. The van der Waals surface area contributed by atoms with Gasteiger partial charge < -0.3 is 14.4 Å². The minimum atomic E-state index is -0.483. The molecule has 1 aromatic carbocycles. The fourth-order valence-corrected chi connectivity index (χ4v) is 3.36. The first-order valence-electron chi connectivity index (χ1n) is 6.53. The van der Waals surface area contributed by atoms with Crippen molar-refractivity contribution in [2.75, 3.05) is 18.1 Å². The number of hydrogen-bond acceptors (Lipinski definition) is 4. The highest BCUT2D eigenvalue weighted by molar-refractivity contribution is 7.99. The third-order valence-corrected chi connectivity index (χ3v) is 4.56. The molecule has 5 heteroatoms. The van der Waals surface area contributed by atoms with Crippen molar-refractivity contribution in [3.63, 3.8) is 0 Å². The van der Waals surface area contributed by atoms with Crippen LogP contribution in [0, 0.1) is 0 Å². The van der Waals surface area contributed by atoms with E-state index >= 15 is 0 Å². The van der Waals surface area contributed by atoms with Crippen molar-refractivity contribution in [2.45, 2.75) is 18.6 Å². The van der Waals surface area contributed by atoms with Crippen molar-refractivity contribution in [1.29, 1.82) is 0 Å². The molecule has 0 bridgehead atoms. The van der Waals surface area contributed by atoms with E-state index in [1.54, 1.807) is 0 Å². The lowest BCUT2D eigenvalue weighted by Gasteiger charge is -2.26. The van der Waals surface area contributed by atoms with E-state index in [9.17, 15) is 5.11 Å². The summed E-state index contributed by atoms with van der Waals surface area (Å²) in [6, 6.07) is 8.03. The molecule has 0 aliphatic carbocycles. The van der Waals surface area contributed by atoms with Gasteiger partial charge in [-0.05, 0) is 12.1 Å². The summed E-state index contributed by atoms with van der Waals surface area (Å²) < 4.78 is 7.67. The van der Waals surface area contributed by atoms with Crippen LogP contribution in [0.2, 0.25) is 0 Å². The molecule has 0 amide bonds. The Kier molecular flexibility index (Phi) is 3.77. The number of benzene rings is 1. The Morgan fingerprint density at radius 2 is 2.37 bits per heavy atom. The summed E-state index contributed by atoms with van der Waals surface area (Å²) in [5.41, 5.74) is 2.08. The van der Waals surface area contributed by atoms with Crippen LogP contribution in [-0.4, -0.2) is 45.0 Å². The zero-order valence-corrected chi connectivity index (χ0v) is 11.8. The Morgan fingerprint density at radius 3 is 3.11 bits per heavy atom. The van der Waals surface area contributed by atoms with Crippen LogP contribution in [0.5, 0.6) is 0 Å². The first-order chi connectivity index (χ1) is 9.25. The maximum atomic E-state index is 10.3. The number of ether oxygens (including phenoxy) is 1. The van der Waals surface area contributed by atoms with E-state index in [0.717, 1.165) is 35.0 Å². The molecule has 1 aliphatic heterocycles. The summed E-state index contributed by atoms with van der Waals surface area (Å²) in [5, 5.41) is 10.3. The summed E-state index contributed by atoms with van der Waals surface area (Å²) in [6.07, 6.45) is -0.0157. The molecule has 0 spiro atoms. The van der Waals surface area contributed by atoms with E-state index in [1.807, 2.05) is 43.1 Å². The van der Waals surface area contributed by atoms with Crippen molar-refractivity contribution in [3.8, 4) is 0 Å². The second kappa shape index (κ2) is 5.53. The monoisotopic (exact) mass is 278 g/mol. The Labute approximate surface area is 116 Å².